The summed E-state index contributed by atoms with van der Waals surface area (Å²) in [5.74, 6) is -0.419. The SMILES string of the molecule is Nc1ccc(-c2cccc(C(=O)N[C@H]3CN[C@@H](C(=O)Nc4ccc(Cl)c(C(F)(F)F)c4)C3)c2)cn1. The van der Waals surface area contributed by atoms with Crippen molar-refractivity contribution < 1.29 is 22.8 Å². The fraction of sp³-hybridized carbons (Fsp3) is 0.208. The molecule has 35 heavy (non-hydrogen) atoms. The van der Waals surface area contributed by atoms with E-state index in [-0.39, 0.29) is 24.1 Å². The van der Waals surface area contributed by atoms with Crippen LogP contribution in [0.5, 0.6) is 0 Å². The van der Waals surface area contributed by atoms with Crippen molar-refractivity contribution in [3.05, 3.63) is 76.9 Å². The number of alkyl halides is 3. The maximum atomic E-state index is 13.1. The van der Waals surface area contributed by atoms with E-state index in [1.807, 2.05) is 12.1 Å². The molecule has 2 aromatic carbocycles. The standard InChI is InChI=1S/C24H21ClF3N5O2/c25-19-6-5-16(9-18(19)24(26,27)28)32-23(35)20-10-17(12-30-20)33-22(34)14-3-1-2-13(8-14)15-4-7-21(29)31-11-15/h1-9,11,17,20,30H,10,12H2,(H2,29,31)(H,32,35)(H,33,34)/t17-,20-/m1/s1. The lowest BCUT2D eigenvalue weighted by molar-refractivity contribution is -0.137. The number of pyridine rings is 1. The first-order valence-corrected chi connectivity index (χ1v) is 11.0. The summed E-state index contributed by atoms with van der Waals surface area (Å²) >= 11 is 5.62. The number of anilines is 2. The van der Waals surface area contributed by atoms with Crippen LogP contribution in [0.25, 0.3) is 11.1 Å². The zero-order valence-corrected chi connectivity index (χ0v) is 19.0. The Balaban J connectivity index is 1.36. The lowest BCUT2D eigenvalue weighted by Gasteiger charge is -2.15. The summed E-state index contributed by atoms with van der Waals surface area (Å²) in [6, 6.07) is 12.6. The minimum atomic E-state index is -4.64. The van der Waals surface area contributed by atoms with Crippen LogP contribution in [0.3, 0.4) is 0 Å². The number of hydrogen-bond acceptors (Lipinski definition) is 5. The molecule has 0 unspecified atom stereocenters. The summed E-state index contributed by atoms with van der Waals surface area (Å²) in [5, 5.41) is 7.89. The van der Waals surface area contributed by atoms with Crippen molar-refractivity contribution in [2.75, 3.05) is 17.6 Å². The van der Waals surface area contributed by atoms with Gasteiger partial charge in [-0.2, -0.15) is 13.2 Å². The minimum Gasteiger partial charge on any atom is -0.384 e. The quantitative estimate of drug-likeness (QED) is 0.419. The van der Waals surface area contributed by atoms with Gasteiger partial charge < -0.3 is 21.7 Å². The Bertz CT molecular complexity index is 1250. The summed E-state index contributed by atoms with van der Waals surface area (Å²) < 4.78 is 39.2. The first-order chi connectivity index (χ1) is 16.6. The number of nitrogens with one attached hydrogen (secondary N) is 3. The molecule has 1 saturated heterocycles. The Labute approximate surface area is 203 Å². The molecule has 0 saturated carbocycles. The maximum Gasteiger partial charge on any atom is 0.417 e. The zero-order chi connectivity index (χ0) is 25.2. The maximum absolute atomic E-state index is 13.1. The van der Waals surface area contributed by atoms with Crippen LogP contribution in [0.15, 0.2) is 60.8 Å². The number of carbonyl (C=O) groups is 2. The molecule has 5 N–H and O–H groups in total. The molecule has 0 spiro atoms. The number of rotatable bonds is 5. The van der Waals surface area contributed by atoms with Gasteiger partial charge in [0.15, 0.2) is 0 Å². The monoisotopic (exact) mass is 503 g/mol. The Morgan fingerprint density at radius 1 is 1.09 bits per heavy atom. The molecule has 0 aliphatic carbocycles. The smallest absolute Gasteiger partial charge is 0.384 e. The van der Waals surface area contributed by atoms with Crippen LogP contribution in [-0.4, -0.2) is 35.4 Å². The van der Waals surface area contributed by atoms with E-state index in [0.29, 0.717) is 17.9 Å². The number of nitrogens with two attached hydrogens (primary N) is 1. The Kier molecular flexibility index (Phi) is 6.95. The van der Waals surface area contributed by atoms with Crippen molar-refractivity contribution in [1.29, 1.82) is 0 Å². The van der Waals surface area contributed by atoms with Crippen LogP contribution < -0.4 is 21.7 Å². The van der Waals surface area contributed by atoms with Crippen molar-refractivity contribution in [3.63, 3.8) is 0 Å². The fourth-order valence-corrected chi connectivity index (χ4v) is 4.00. The third kappa shape index (κ3) is 5.90. The van der Waals surface area contributed by atoms with E-state index >= 15 is 0 Å². The molecule has 0 radical (unpaired) electrons. The molecule has 1 aliphatic rings. The molecule has 7 nitrogen and oxygen atoms in total. The predicted octanol–water partition coefficient (Wildman–Crippen LogP) is 4.10. The number of carbonyl (C=O) groups excluding carboxylic acids is 2. The summed E-state index contributed by atoms with van der Waals surface area (Å²) in [6.07, 6.45) is -2.74. The van der Waals surface area contributed by atoms with Crippen LogP contribution in [-0.2, 0) is 11.0 Å². The summed E-state index contributed by atoms with van der Waals surface area (Å²) in [7, 11) is 0. The van der Waals surface area contributed by atoms with E-state index < -0.39 is 28.7 Å². The van der Waals surface area contributed by atoms with Gasteiger partial charge in [0.05, 0.1) is 16.6 Å². The summed E-state index contributed by atoms with van der Waals surface area (Å²) in [4.78, 5) is 29.4. The van der Waals surface area contributed by atoms with Crippen molar-refractivity contribution in [2.45, 2.75) is 24.7 Å². The van der Waals surface area contributed by atoms with Crippen molar-refractivity contribution in [3.8, 4) is 11.1 Å². The number of nitrogens with zero attached hydrogens (tertiary/aromatic N) is 1. The number of halogens is 4. The van der Waals surface area contributed by atoms with Gasteiger partial charge in [-0.1, -0.05) is 23.7 Å². The van der Waals surface area contributed by atoms with Crippen LogP contribution in [0, 0.1) is 0 Å². The third-order valence-corrected chi connectivity index (χ3v) is 5.90. The van der Waals surface area contributed by atoms with Gasteiger partial charge in [0, 0.05) is 35.6 Å². The highest BCUT2D eigenvalue weighted by Crippen LogP contribution is 2.36. The number of benzene rings is 2. The van der Waals surface area contributed by atoms with E-state index in [2.05, 4.69) is 20.9 Å². The number of hydrogen-bond donors (Lipinski definition) is 4. The molecular formula is C24H21ClF3N5O2. The van der Waals surface area contributed by atoms with Gasteiger partial charge in [0.2, 0.25) is 5.91 Å². The van der Waals surface area contributed by atoms with Gasteiger partial charge in [-0.25, -0.2) is 4.98 Å². The van der Waals surface area contributed by atoms with E-state index in [9.17, 15) is 22.8 Å². The van der Waals surface area contributed by atoms with Gasteiger partial charge in [-0.3, -0.25) is 9.59 Å². The fourth-order valence-electron chi connectivity index (χ4n) is 3.78. The third-order valence-electron chi connectivity index (χ3n) is 5.57. The lowest BCUT2D eigenvalue weighted by atomic mass is 10.0. The molecule has 182 valence electrons. The number of aromatic nitrogens is 1. The van der Waals surface area contributed by atoms with Gasteiger partial charge >= 0.3 is 6.18 Å². The minimum absolute atomic E-state index is 0.0185. The van der Waals surface area contributed by atoms with E-state index in [1.165, 1.54) is 6.07 Å². The van der Waals surface area contributed by atoms with Gasteiger partial charge in [-0.15, -0.1) is 0 Å². The number of nitrogen functional groups attached to an aromatic ring is 1. The second-order valence-corrected chi connectivity index (χ2v) is 8.51. The van der Waals surface area contributed by atoms with Gasteiger partial charge in [-0.05, 0) is 54.4 Å². The second kappa shape index (κ2) is 9.93. The van der Waals surface area contributed by atoms with E-state index in [0.717, 1.165) is 23.3 Å². The topological polar surface area (TPSA) is 109 Å². The molecule has 2 amide bonds. The first kappa shape index (κ1) is 24.5. The Morgan fingerprint density at radius 2 is 1.89 bits per heavy atom. The average molecular weight is 504 g/mol. The van der Waals surface area contributed by atoms with Gasteiger partial charge in [0.1, 0.15) is 5.82 Å². The average Bonchev–Trinajstić information content (AvgIpc) is 3.29. The molecule has 11 heteroatoms. The molecule has 1 aromatic heterocycles. The van der Waals surface area contributed by atoms with Crippen LogP contribution in [0.1, 0.15) is 22.3 Å². The molecule has 3 aromatic rings. The first-order valence-electron chi connectivity index (χ1n) is 10.6. The Hall–Kier alpha value is -3.63. The molecule has 2 atom stereocenters. The van der Waals surface area contributed by atoms with E-state index in [1.54, 1.807) is 30.5 Å². The normalized spacial score (nSPS) is 17.7. The summed E-state index contributed by atoms with van der Waals surface area (Å²) in [6.45, 7) is 0.333. The van der Waals surface area contributed by atoms with Gasteiger partial charge in [0.25, 0.3) is 5.91 Å². The highest BCUT2D eigenvalue weighted by atomic mass is 35.5. The highest BCUT2D eigenvalue weighted by Gasteiger charge is 2.34. The van der Waals surface area contributed by atoms with Crippen molar-refractivity contribution in [2.24, 2.45) is 0 Å². The van der Waals surface area contributed by atoms with Crippen LogP contribution in [0.4, 0.5) is 24.7 Å². The highest BCUT2D eigenvalue weighted by molar-refractivity contribution is 6.31. The molecular weight excluding hydrogens is 483 g/mol. The van der Waals surface area contributed by atoms with Crippen molar-refractivity contribution >= 4 is 34.9 Å². The second-order valence-electron chi connectivity index (χ2n) is 8.10. The zero-order valence-electron chi connectivity index (χ0n) is 18.2. The lowest BCUT2D eigenvalue weighted by Crippen LogP contribution is -2.36. The Morgan fingerprint density at radius 3 is 2.60 bits per heavy atom. The molecule has 1 fully saturated rings. The largest absolute Gasteiger partial charge is 0.417 e. The molecule has 0 bridgehead atoms. The predicted molar refractivity (Wildman–Crippen MR) is 127 cm³/mol. The molecule has 1 aliphatic heterocycles. The van der Waals surface area contributed by atoms with E-state index in [4.69, 9.17) is 17.3 Å². The van der Waals surface area contributed by atoms with Crippen molar-refractivity contribution in [1.82, 2.24) is 15.6 Å². The van der Waals surface area contributed by atoms with Crippen LogP contribution in [0.2, 0.25) is 5.02 Å². The molecule has 4 rings (SSSR count). The molecule has 2 heterocycles. The number of amides is 2. The van der Waals surface area contributed by atoms with Crippen LogP contribution >= 0.6 is 11.6 Å². The summed E-state index contributed by atoms with van der Waals surface area (Å²) in [5.41, 5.74) is 6.62.